The van der Waals surface area contributed by atoms with E-state index in [-0.39, 0.29) is 17.1 Å². The first-order chi connectivity index (χ1) is 7.54. The first kappa shape index (κ1) is 12.2. The van der Waals surface area contributed by atoms with Crippen LogP contribution < -0.4 is 0 Å². The van der Waals surface area contributed by atoms with E-state index in [0.29, 0.717) is 12.8 Å². The first-order valence-corrected chi connectivity index (χ1v) is 4.94. The van der Waals surface area contributed by atoms with Crippen LogP contribution in [0.5, 0.6) is 5.75 Å². The molecule has 0 bridgehead atoms. The molecule has 1 aromatic carbocycles. The summed E-state index contributed by atoms with van der Waals surface area (Å²) in [6.45, 7) is 1.52. The molecule has 0 amide bonds. The molecule has 0 radical (unpaired) electrons. The van der Waals surface area contributed by atoms with Gasteiger partial charge >= 0.3 is 5.97 Å². The van der Waals surface area contributed by atoms with Gasteiger partial charge in [-0.1, -0.05) is 6.07 Å². The fourth-order valence-corrected chi connectivity index (χ4v) is 1.33. The zero-order valence-corrected chi connectivity index (χ0v) is 9.32. The maximum Gasteiger partial charge on any atom is 0.341 e. The normalized spacial score (nSPS) is 9.88. The highest BCUT2D eigenvalue weighted by Gasteiger charge is 2.12. The Labute approximate surface area is 93.9 Å². The molecule has 0 fully saturated rings. The third-order valence-corrected chi connectivity index (χ3v) is 2.23. The van der Waals surface area contributed by atoms with E-state index in [1.54, 1.807) is 12.1 Å². The summed E-state index contributed by atoms with van der Waals surface area (Å²) in [5.41, 5.74) is 0.956. The highest BCUT2D eigenvalue weighted by atomic mass is 16.5. The summed E-state index contributed by atoms with van der Waals surface area (Å²) in [4.78, 5) is 22.1. The number of ketones is 1. The van der Waals surface area contributed by atoms with Gasteiger partial charge in [0, 0.05) is 6.42 Å². The van der Waals surface area contributed by atoms with Crippen molar-refractivity contribution in [2.75, 3.05) is 7.11 Å². The zero-order valence-electron chi connectivity index (χ0n) is 9.32. The van der Waals surface area contributed by atoms with Gasteiger partial charge in [-0.3, -0.25) is 0 Å². The number of rotatable bonds is 4. The molecule has 86 valence electrons. The van der Waals surface area contributed by atoms with Gasteiger partial charge in [0.05, 0.1) is 7.11 Å². The summed E-state index contributed by atoms with van der Waals surface area (Å²) in [5.74, 6) is -0.603. The number of hydrogen-bond acceptors (Lipinski definition) is 4. The molecule has 1 aromatic rings. The molecule has 0 spiro atoms. The maximum absolute atomic E-state index is 11.3. The number of aryl methyl sites for hydroxylation is 1. The summed E-state index contributed by atoms with van der Waals surface area (Å²) in [6, 6.07) is 4.66. The van der Waals surface area contributed by atoms with Gasteiger partial charge in [-0.25, -0.2) is 4.79 Å². The molecule has 0 aromatic heterocycles. The van der Waals surface area contributed by atoms with Crippen molar-refractivity contribution in [3.8, 4) is 5.75 Å². The number of carbonyl (C=O) groups excluding carboxylic acids is 2. The van der Waals surface area contributed by atoms with Gasteiger partial charge in [0.25, 0.3) is 0 Å². The predicted octanol–water partition coefficient (Wildman–Crippen LogP) is 1.70. The Morgan fingerprint density at radius 2 is 2.06 bits per heavy atom. The standard InChI is InChI=1S/C12H14O4/c1-8(13)3-4-9-5-6-11(14)10(7-9)12(15)16-2/h5-7,14H,3-4H2,1-2H3. The Hall–Kier alpha value is -1.84. The van der Waals surface area contributed by atoms with Crippen LogP contribution in [-0.2, 0) is 16.0 Å². The molecule has 0 atom stereocenters. The molecule has 1 N–H and O–H groups in total. The summed E-state index contributed by atoms with van der Waals surface area (Å²) in [5, 5.41) is 9.45. The lowest BCUT2D eigenvalue weighted by Gasteiger charge is -2.05. The second-order valence-corrected chi connectivity index (χ2v) is 3.55. The minimum Gasteiger partial charge on any atom is -0.507 e. The predicted molar refractivity (Wildman–Crippen MR) is 58.4 cm³/mol. The molecule has 0 saturated carbocycles. The molecular weight excluding hydrogens is 208 g/mol. The number of phenolic OH excluding ortho intramolecular Hbond substituents is 1. The van der Waals surface area contributed by atoms with Crippen LogP contribution in [0.1, 0.15) is 29.3 Å². The fraction of sp³-hybridized carbons (Fsp3) is 0.333. The van der Waals surface area contributed by atoms with E-state index < -0.39 is 5.97 Å². The van der Waals surface area contributed by atoms with Gasteiger partial charge < -0.3 is 14.6 Å². The molecule has 4 nitrogen and oxygen atoms in total. The van der Waals surface area contributed by atoms with Crippen LogP contribution in [0.4, 0.5) is 0 Å². The largest absolute Gasteiger partial charge is 0.507 e. The van der Waals surface area contributed by atoms with E-state index in [2.05, 4.69) is 4.74 Å². The Kier molecular flexibility index (Phi) is 4.05. The van der Waals surface area contributed by atoms with Crippen molar-refractivity contribution < 1.29 is 19.4 Å². The van der Waals surface area contributed by atoms with E-state index in [4.69, 9.17) is 0 Å². The highest BCUT2D eigenvalue weighted by Crippen LogP contribution is 2.20. The van der Waals surface area contributed by atoms with E-state index in [1.165, 1.54) is 20.1 Å². The summed E-state index contributed by atoms with van der Waals surface area (Å²) in [6.07, 6.45) is 0.977. The van der Waals surface area contributed by atoms with Crippen molar-refractivity contribution in [2.24, 2.45) is 0 Å². The van der Waals surface area contributed by atoms with Crippen molar-refractivity contribution >= 4 is 11.8 Å². The lowest BCUT2D eigenvalue weighted by Crippen LogP contribution is -2.03. The number of ether oxygens (including phenoxy) is 1. The molecule has 0 aliphatic carbocycles. The molecule has 0 saturated heterocycles. The van der Waals surface area contributed by atoms with E-state index >= 15 is 0 Å². The number of hydrogen-bond donors (Lipinski definition) is 1. The number of methoxy groups -OCH3 is 1. The number of aromatic hydroxyl groups is 1. The van der Waals surface area contributed by atoms with Crippen LogP contribution in [0.3, 0.4) is 0 Å². The number of carbonyl (C=O) groups is 2. The average molecular weight is 222 g/mol. The number of benzene rings is 1. The van der Waals surface area contributed by atoms with Crippen LogP contribution in [-0.4, -0.2) is 24.0 Å². The maximum atomic E-state index is 11.3. The van der Waals surface area contributed by atoms with Gasteiger partial charge in [0.15, 0.2) is 0 Å². The Morgan fingerprint density at radius 1 is 1.38 bits per heavy atom. The number of esters is 1. The topological polar surface area (TPSA) is 63.6 Å². The molecule has 0 aliphatic heterocycles. The monoisotopic (exact) mass is 222 g/mol. The van der Waals surface area contributed by atoms with Gasteiger partial charge in [-0.05, 0) is 31.0 Å². The minimum absolute atomic E-state index is 0.0905. The van der Waals surface area contributed by atoms with Crippen molar-refractivity contribution in [1.82, 2.24) is 0 Å². The summed E-state index contributed by atoms with van der Waals surface area (Å²) in [7, 11) is 1.25. The van der Waals surface area contributed by atoms with Crippen LogP contribution in [0.25, 0.3) is 0 Å². The minimum atomic E-state index is -0.581. The molecule has 16 heavy (non-hydrogen) atoms. The highest BCUT2D eigenvalue weighted by molar-refractivity contribution is 5.92. The van der Waals surface area contributed by atoms with Gasteiger partial charge in [0.2, 0.25) is 0 Å². The van der Waals surface area contributed by atoms with Crippen molar-refractivity contribution in [2.45, 2.75) is 19.8 Å². The van der Waals surface area contributed by atoms with Crippen LogP contribution >= 0.6 is 0 Å². The average Bonchev–Trinajstić information content (AvgIpc) is 2.27. The van der Waals surface area contributed by atoms with E-state index in [0.717, 1.165) is 5.56 Å². The Balaban J connectivity index is 2.89. The third-order valence-electron chi connectivity index (χ3n) is 2.23. The number of phenols is 1. The Morgan fingerprint density at radius 3 is 2.62 bits per heavy atom. The van der Waals surface area contributed by atoms with Crippen molar-refractivity contribution in [1.29, 1.82) is 0 Å². The molecular formula is C12H14O4. The lowest BCUT2D eigenvalue weighted by molar-refractivity contribution is -0.116. The molecule has 1 rings (SSSR count). The van der Waals surface area contributed by atoms with Crippen LogP contribution in [0.2, 0.25) is 0 Å². The van der Waals surface area contributed by atoms with Crippen molar-refractivity contribution in [3.05, 3.63) is 29.3 Å². The zero-order chi connectivity index (χ0) is 12.1. The second-order valence-electron chi connectivity index (χ2n) is 3.55. The smallest absolute Gasteiger partial charge is 0.341 e. The fourth-order valence-electron chi connectivity index (χ4n) is 1.33. The van der Waals surface area contributed by atoms with E-state index in [1.807, 2.05) is 0 Å². The summed E-state index contributed by atoms with van der Waals surface area (Å²) >= 11 is 0. The molecule has 0 unspecified atom stereocenters. The Bertz CT molecular complexity index is 409. The van der Waals surface area contributed by atoms with Crippen molar-refractivity contribution in [3.63, 3.8) is 0 Å². The lowest BCUT2D eigenvalue weighted by atomic mass is 10.0. The van der Waals surface area contributed by atoms with Gasteiger partial charge in [-0.15, -0.1) is 0 Å². The number of Topliss-reactive ketones (excluding diaryl/α,β-unsaturated/α-hetero) is 1. The first-order valence-electron chi connectivity index (χ1n) is 4.94. The molecule has 4 heteroatoms. The third kappa shape index (κ3) is 3.08. The van der Waals surface area contributed by atoms with Crippen LogP contribution in [0, 0.1) is 0 Å². The quantitative estimate of drug-likeness (QED) is 0.787. The molecule has 0 heterocycles. The second kappa shape index (κ2) is 5.30. The summed E-state index contributed by atoms with van der Waals surface area (Å²) < 4.78 is 4.53. The molecule has 0 aliphatic rings. The van der Waals surface area contributed by atoms with Gasteiger partial charge in [-0.2, -0.15) is 0 Å². The van der Waals surface area contributed by atoms with Gasteiger partial charge in [0.1, 0.15) is 17.1 Å². The van der Waals surface area contributed by atoms with E-state index in [9.17, 15) is 14.7 Å². The SMILES string of the molecule is COC(=O)c1cc(CCC(C)=O)ccc1O. The van der Waals surface area contributed by atoms with Crippen LogP contribution in [0.15, 0.2) is 18.2 Å².